The van der Waals surface area contributed by atoms with Crippen molar-refractivity contribution in [3.63, 3.8) is 0 Å². The van der Waals surface area contributed by atoms with Crippen LogP contribution in [0.5, 0.6) is 0 Å². The lowest BCUT2D eigenvalue weighted by Crippen LogP contribution is -2.21. The largest absolute Gasteiger partial charge is 0.251 e. The lowest BCUT2D eigenvalue weighted by molar-refractivity contribution is 1.15. The molecule has 6 rings (SSSR count). The summed E-state index contributed by atoms with van der Waals surface area (Å²) in [5, 5.41) is 6.60. The van der Waals surface area contributed by atoms with Crippen LogP contribution in [0.25, 0.3) is 0 Å². The maximum absolute atomic E-state index is 5.21. The monoisotopic (exact) mass is 578 g/mol. The molecule has 0 radical (unpaired) electrons. The summed E-state index contributed by atoms with van der Waals surface area (Å²) in [7, 11) is -1.33. The molecule has 0 N–H and O–H groups in total. The summed E-state index contributed by atoms with van der Waals surface area (Å²) in [6, 6.07) is 58.1. The van der Waals surface area contributed by atoms with Crippen LogP contribution < -0.4 is 26.5 Å². The fourth-order valence-electron chi connectivity index (χ4n) is 5.05. The molecule has 0 atom stereocenters. The van der Waals surface area contributed by atoms with E-state index < -0.39 is 15.8 Å². The van der Waals surface area contributed by atoms with Gasteiger partial charge in [0.2, 0.25) is 0 Å². The highest BCUT2D eigenvalue weighted by molar-refractivity contribution is 7.80. The molecular weight excluding hydrogens is 546 g/mol. The zero-order valence-electron chi connectivity index (χ0n) is 23.6. The summed E-state index contributed by atoms with van der Waals surface area (Å²) >= 11 is 0. The highest BCUT2D eigenvalue weighted by Gasteiger charge is 2.20. The van der Waals surface area contributed by atoms with E-state index in [-0.39, 0.29) is 0 Å². The first-order valence-corrected chi connectivity index (χ1v) is 17.0. The Balaban J connectivity index is 1.35. The first-order chi connectivity index (χ1) is 20.8. The topological polar surface area (TPSA) is 25.2 Å². The molecule has 0 spiro atoms. The van der Waals surface area contributed by atoms with Crippen molar-refractivity contribution in [1.29, 1.82) is 0 Å². The Bertz CT molecular complexity index is 1680. The number of para-hydroxylation sites is 1. The smallest absolute Gasteiger partial charge is 0.0845 e. The Kier molecular flexibility index (Phi) is 9.06. The first kappa shape index (κ1) is 27.9. The summed E-state index contributed by atoms with van der Waals surface area (Å²) < 4.78 is 0. The van der Waals surface area contributed by atoms with E-state index in [9.17, 15) is 0 Å². The maximum Gasteiger partial charge on any atom is 0.0845 e. The number of rotatable bonds is 9. The van der Waals surface area contributed by atoms with Gasteiger partial charge in [0.1, 0.15) is 0 Å². The van der Waals surface area contributed by atoms with Crippen molar-refractivity contribution in [1.82, 2.24) is 4.98 Å². The molecule has 0 unspecified atom stereocenters. The van der Waals surface area contributed by atoms with E-state index in [0.717, 1.165) is 28.9 Å². The van der Waals surface area contributed by atoms with Crippen LogP contribution in [-0.2, 0) is 6.16 Å². The molecule has 1 aromatic heterocycles. The second kappa shape index (κ2) is 13.6. The predicted octanol–water partition coefficient (Wildman–Crippen LogP) is 7.61. The SMILES string of the molecule is C/C(=N\c1ccccc1P(c1ccccc1)c1ccccc1)c1cccc(CP(c2ccccc2)c2ccccc2)n1. The van der Waals surface area contributed by atoms with Crippen molar-refractivity contribution < 1.29 is 0 Å². The molecule has 5 aromatic carbocycles. The third-order valence-corrected chi connectivity index (χ3v) is 12.0. The molecule has 0 saturated carbocycles. The summed E-state index contributed by atoms with van der Waals surface area (Å²) in [4.78, 5) is 10.4. The minimum absolute atomic E-state index is 0.572. The fraction of sp³-hybridized carbons (Fsp3) is 0.0526. The van der Waals surface area contributed by atoms with Gasteiger partial charge in [-0.25, -0.2) is 0 Å². The van der Waals surface area contributed by atoms with Gasteiger partial charge in [-0.05, 0) is 62.2 Å². The second-order valence-electron chi connectivity index (χ2n) is 9.96. The Morgan fingerprint density at radius 1 is 0.524 bits per heavy atom. The van der Waals surface area contributed by atoms with Crippen LogP contribution in [0.1, 0.15) is 18.3 Å². The molecule has 4 heteroatoms. The van der Waals surface area contributed by atoms with Crippen LogP contribution in [0.15, 0.2) is 169 Å². The van der Waals surface area contributed by atoms with Gasteiger partial charge in [0.25, 0.3) is 0 Å². The van der Waals surface area contributed by atoms with Gasteiger partial charge in [-0.15, -0.1) is 0 Å². The summed E-state index contributed by atoms with van der Waals surface area (Å²) in [5.41, 5.74) is 3.92. The molecule has 0 aliphatic carbocycles. The van der Waals surface area contributed by atoms with Crippen LogP contribution >= 0.6 is 15.8 Å². The minimum Gasteiger partial charge on any atom is -0.251 e. The molecule has 204 valence electrons. The van der Waals surface area contributed by atoms with Crippen LogP contribution in [0.3, 0.4) is 0 Å². The van der Waals surface area contributed by atoms with Crippen molar-refractivity contribution in [2.45, 2.75) is 13.1 Å². The normalized spacial score (nSPS) is 11.6. The average molecular weight is 579 g/mol. The number of hydrogen-bond acceptors (Lipinski definition) is 2. The maximum atomic E-state index is 5.21. The Morgan fingerprint density at radius 3 is 1.55 bits per heavy atom. The Labute approximate surface area is 251 Å². The molecule has 2 nitrogen and oxygen atoms in total. The van der Waals surface area contributed by atoms with E-state index in [0.29, 0.717) is 0 Å². The van der Waals surface area contributed by atoms with Gasteiger partial charge in [-0.3, -0.25) is 9.98 Å². The zero-order chi connectivity index (χ0) is 28.6. The molecule has 0 aliphatic rings. The zero-order valence-corrected chi connectivity index (χ0v) is 25.4. The number of benzene rings is 5. The average Bonchev–Trinajstić information content (AvgIpc) is 3.06. The number of nitrogens with zero attached hydrogens (tertiary/aromatic N) is 2. The van der Waals surface area contributed by atoms with Crippen molar-refractivity contribution in [2.75, 3.05) is 0 Å². The molecule has 1 heterocycles. The van der Waals surface area contributed by atoms with E-state index in [1.165, 1.54) is 26.5 Å². The fourth-order valence-corrected chi connectivity index (χ4v) is 9.66. The van der Waals surface area contributed by atoms with Crippen molar-refractivity contribution >= 4 is 53.8 Å². The number of aromatic nitrogens is 1. The van der Waals surface area contributed by atoms with E-state index in [4.69, 9.17) is 9.98 Å². The van der Waals surface area contributed by atoms with Gasteiger partial charge in [0.15, 0.2) is 0 Å². The summed E-state index contributed by atoms with van der Waals surface area (Å²) in [6.07, 6.45) is 0.883. The van der Waals surface area contributed by atoms with Gasteiger partial charge in [0.05, 0.1) is 17.1 Å². The lowest BCUT2D eigenvalue weighted by Gasteiger charge is -2.21. The molecular formula is C38H32N2P2. The third-order valence-electron chi connectivity index (χ3n) is 7.07. The molecule has 0 bridgehead atoms. The summed E-state index contributed by atoms with van der Waals surface area (Å²) in [6.45, 7) is 2.08. The standard InChI is InChI=1S/C38H32N2P2/c1-30(36-27-16-17-31(40-36)29-41(32-18-6-2-7-19-32)33-20-8-3-9-21-33)39-37-26-14-15-28-38(37)42(34-22-10-4-11-23-34)35-24-12-5-13-25-35/h2-28H,29H2,1H3/b39-30+. The first-order valence-electron chi connectivity index (χ1n) is 14.1. The van der Waals surface area contributed by atoms with Crippen molar-refractivity contribution in [3.8, 4) is 0 Å². The molecule has 0 saturated heterocycles. The van der Waals surface area contributed by atoms with E-state index in [1.54, 1.807) is 0 Å². The number of aliphatic imine (C=N–C) groups is 1. The van der Waals surface area contributed by atoms with Crippen molar-refractivity contribution in [2.24, 2.45) is 4.99 Å². The highest BCUT2D eigenvalue weighted by Crippen LogP contribution is 2.38. The number of hydrogen-bond donors (Lipinski definition) is 0. The van der Waals surface area contributed by atoms with Crippen molar-refractivity contribution in [3.05, 3.63) is 175 Å². The van der Waals surface area contributed by atoms with E-state index in [1.807, 2.05) is 0 Å². The van der Waals surface area contributed by atoms with Gasteiger partial charge in [0, 0.05) is 17.2 Å². The quantitative estimate of drug-likeness (QED) is 0.128. The highest BCUT2D eigenvalue weighted by atomic mass is 31.1. The molecule has 6 aromatic rings. The van der Waals surface area contributed by atoms with E-state index in [2.05, 4.69) is 171 Å². The van der Waals surface area contributed by atoms with Gasteiger partial charge >= 0.3 is 0 Å². The third kappa shape index (κ3) is 6.63. The Hall–Kier alpha value is -4.22. The van der Waals surface area contributed by atoms with Crippen LogP contribution in [-0.4, -0.2) is 10.7 Å². The van der Waals surface area contributed by atoms with Gasteiger partial charge in [-0.2, -0.15) is 0 Å². The predicted molar refractivity (Wildman–Crippen MR) is 184 cm³/mol. The van der Waals surface area contributed by atoms with Crippen LogP contribution in [0.4, 0.5) is 5.69 Å². The molecule has 0 amide bonds. The van der Waals surface area contributed by atoms with Crippen LogP contribution in [0, 0.1) is 0 Å². The number of pyridine rings is 1. The van der Waals surface area contributed by atoms with Gasteiger partial charge in [-0.1, -0.05) is 146 Å². The summed E-state index contributed by atoms with van der Waals surface area (Å²) in [5.74, 6) is 0. The second-order valence-corrected chi connectivity index (χ2v) is 14.4. The minimum atomic E-state index is -0.761. The Morgan fingerprint density at radius 2 is 1.00 bits per heavy atom. The molecule has 0 fully saturated rings. The van der Waals surface area contributed by atoms with Crippen LogP contribution in [0.2, 0.25) is 0 Å². The molecule has 0 aliphatic heterocycles. The lowest BCUT2D eigenvalue weighted by atomic mass is 10.2. The van der Waals surface area contributed by atoms with Gasteiger partial charge < -0.3 is 0 Å². The molecule has 42 heavy (non-hydrogen) atoms. The van der Waals surface area contributed by atoms with E-state index >= 15 is 0 Å².